The third-order valence-corrected chi connectivity index (χ3v) is 10.1. The van der Waals surface area contributed by atoms with Crippen molar-refractivity contribution in [3.8, 4) is 0 Å². The first-order valence-electron chi connectivity index (χ1n) is 17.1. The molecule has 9 heteroatoms. The Hall–Kier alpha value is -5.38. The highest BCUT2D eigenvalue weighted by molar-refractivity contribution is 6.09. The molecule has 9 nitrogen and oxygen atoms in total. The number of carbonyl (C=O) groups excluding carboxylic acids is 3. The molecular weight excluding hydrogens is 628 g/mol. The number of fused-ring (bicyclic) bond motifs is 2. The van der Waals surface area contributed by atoms with E-state index in [2.05, 4.69) is 0 Å². The number of carbonyl (C=O) groups is 3. The molecule has 4 aromatic rings. The van der Waals surface area contributed by atoms with E-state index in [0.29, 0.717) is 42.7 Å². The van der Waals surface area contributed by atoms with Gasteiger partial charge in [0.25, 0.3) is 5.91 Å². The zero-order valence-electron chi connectivity index (χ0n) is 28.0. The molecule has 0 fully saturated rings. The van der Waals surface area contributed by atoms with Gasteiger partial charge in [-0.15, -0.1) is 0 Å². The second kappa shape index (κ2) is 13.9. The first-order chi connectivity index (χ1) is 24.3. The topological polar surface area (TPSA) is 114 Å². The Bertz CT molecular complexity index is 1990. The Kier molecular flexibility index (Phi) is 9.18. The summed E-state index contributed by atoms with van der Waals surface area (Å²) in [6, 6.07) is 32.1. The fourth-order valence-electron chi connectivity index (χ4n) is 7.29. The van der Waals surface area contributed by atoms with Crippen molar-refractivity contribution in [3.63, 3.8) is 0 Å². The molecule has 0 radical (unpaired) electrons. The van der Waals surface area contributed by atoms with Crippen molar-refractivity contribution in [1.29, 1.82) is 0 Å². The van der Waals surface area contributed by atoms with Crippen LogP contribution in [0.1, 0.15) is 54.0 Å². The van der Waals surface area contributed by atoms with Crippen LogP contribution in [0.2, 0.25) is 0 Å². The minimum atomic E-state index is -1.84. The number of hydrazone groups is 1. The van der Waals surface area contributed by atoms with Crippen molar-refractivity contribution in [2.45, 2.75) is 57.3 Å². The highest BCUT2D eigenvalue weighted by atomic mass is 16.3. The summed E-state index contributed by atoms with van der Waals surface area (Å²) in [6.45, 7) is 2.26. The zero-order chi connectivity index (χ0) is 34.8. The van der Waals surface area contributed by atoms with Crippen molar-refractivity contribution in [2.24, 2.45) is 11.0 Å². The molecule has 0 aromatic heterocycles. The Morgan fingerprint density at radius 2 is 1.68 bits per heavy atom. The van der Waals surface area contributed by atoms with E-state index in [1.54, 1.807) is 41.0 Å². The molecule has 50 heavy (non-hydrogen) atoms. The van der Waals surface area contributed by atoms with Gasteiger partial charge in [0.05, 0.1) is 36.3 Å². The van der Waals surface area contributed by atoms with Crippen molar-refractivity contribution >= 4 is 34.8 Å². The van der Waals surface area contributed by atoms with E-state index in [1.807, 2.05) is 91.0 Å². The minimum absolute atomic E-state index is 0.0785. The minimum Gasteiger partial charge on any atom is -0.394 e. The van der Waals surface area contributed by atoms with Crippen LogP contribution < -0.4 is 9.91 Å². The summed E-state index contributed by atoms with van der Waals surface area (Å²) >= 11 is 0. The lowest BCUT2D eigenvalue weighted by atomic mass is 9.83. The normalized spacial score (nSPS) is 20.9. The molecular formula is C41H40N4O5. The first kappa shape index (κ1) is 33.1. The smallest absolute Gasteiger partial charge is 0.264 e. The summed E-state index contributed by atoms with van der Waals surface area (Å²) in [5.41, 5.74) is 4.67. The second-order valence-electron chi connectivity index (χ2n) is 13.2. The molecule has 0 bridgehead atoms. The largest absolute Gasteiger partial charge is 0.394 e. The van der Waals surface area contributed by atoms with Crippen molar-refractivity contribution in [2.75, 3.05) is 16.5 Å². The number of hydrogen-bond acceptors (Lipinski definition) is 6. The second-order valence-corrected chi connectivity index (χ2v) is 13.2. The van der Waals surface area contributed by atoms with Gasteiger partial charge in [0.2, 0.25) is 11.8 Å². The van der Waals surface area contributed by atoms with Gasteiger partial charge in [-0.05, 0) is 46.9 Å². The Balaban J connectivity index is 1.08. The van der Waals surface area contributed by atoms with Crippen LogP contribution in [0.5, 0.6) is 0 Å². The fraction of sp³-hybridized carbons (Fsp3) is 0.268. The predicted octanol–water partition coefficient (Wildman–Crippen LogP) is 5.48. The van der Waals surface area contributed by atoms with Crippen LogP contribution >= 0.6 is 0 Å². The number of aliphatic hydroxyl groups excluding tert-OH is 1. The number of hydrogen-bond donors (Lipinski definition) is 2. The van der Waals surface area contributed by atoms with E-state index in [1.165, 1.54) is 5.01 Å². The van der Waals surface area contributed by atoms with Crippen LogP contribution in [0.4, 0.5) is 11.4 Å². The standard InChI is InChI=1S/C41H40N4O5/c1-28(11-9-20-38(47)43-26-32-16-6-5-15-31(32)24-34(43)27-46)41(50)35-18-7-8-19-37(35)44(40(41)49)25-29-12-10-17-33(23-29)45-39(48)22-21-36(42-45)30-13-3-2-4-14-30/h2-19,23,28,34,46,50H,20-22,24-27H2,1H3/b11-9+/t28-,34-,41+/m0/s1. The maximum atomic E-state index is 14.2. The van der Waals surface area contributed by atoms with Gasteiger partial charge in [0, 0.05) is 37.3 Å². The Morgan fingerprint density at radius 3 is 2.48 bits per heavy atom. The van der Waals surface area contributed by atoms with Gasteiger partial charge in [0.15, 0.2) is 5.60 Å². The molecule has 3 aliphatic rings. The number of benzene rings is 4. The molecule has 254 valence electrons. The molecule has 7 rings (SSSR count). The van der Waals surface area contributed by atoms with E-state index in [9.17, 15) is 24.6 Å². The van der Waals surface area contributed by atoms with Gasteiger partial charge in [-0.25, -0.2) is 5.01 Å². The van der Waals surface area contributed by atoms with Crippen LogP contribution in [0.15, 0.2) is 120 Å². The monoisotopic (exact) mass is 668 g/mol. The van der Waals surface area contributed by atoms with Crippen LogP contribution in [0.25, 0.3) is 0 Å². The van der Waals surface area contributed by atoms with E-state index in [0.717, 1.165) is 28.0 Å². The Labute approximate surface area is 291 Å². The summed E-state index contributed by atoms with van der Waals surface area (Å²) in [5, 5.41) is 28.3. The summed E-state index contributed by atoms with van der Waals surface area (Å²) in [5.74, 6) is -1.33. The number of amides is 3. The van der Waals surface area contributed by atoms with E-state index in [-0.39, 0.29) is 37.4 Å². The van der Waals surface area contributed by atoms with E-state index < -0.39 is 17.4 Å². The number of rotatable bonds is 9. The van der Waals surface area contributed by atoms with Crippen molar-refractivity contribution in [3.05, 3.63) is 143 Å². The van der Waals surface area contributed by atoms with Gasteiger partial charge in [-0.1, -0.05) is 104 Å². The molecule has 0 saturated heterocycles. The highest BCUT2D eigenvalue weighted by Crippen LogP contribution is 2.45. The van der Waals surface area contributed by atoms with Crippen molar-refractivity contribution in [1.82, 2.24) is 4.90 Å². The van der Waals surface area contributed by atoms with E-state index in [4.69, 9.17) is 5.10 Å². The molecule has 3 amide bonds. The van der Waals surface area contributed by atoms with Crippen LogP contribution in [-0.2, 0) is 39.5 Å². The lowest BCUT2D eigenvalue weighted by Gasteiger charge is -2.36. The van der Waals surface area contributed by atoms with E-state index >= 15 is 0 Å². The Morgan fingerprint density at radius 1 is 0.940 bits per heavy atom. The molecule has 3 heterocycles. The van der Waals surface area contributed by atoms with Crippen molar-refractivity contribution < 1.29 is 24.6 Å². The zero-order valence-corrected chi connectivity index (χ0v) is 28.0. The third-order valence-electron chi connectivity index (χ3n) is 10.1. The van der Waals surface area contributed by atoms with Gasteiger partial charge in [0.1, 0.15) is 0 Å². The molecule has 4 aromatic carbocycles. The summed E-state index contributed by atoms with van der Waals surface area (Å²) < 4.78 is 0. The van der Waals surface area contributed by atoms with Gasteiger partial charge < -0.3 is 20.0 Å². The number of para-hydroxylation sites is 1. The first-order valence-corrected chi connectivity index (χ1v) is 17.1. The third kappa shape index (κ3) is 6.14. The summed E-state index contributed by atoms with van der Waals surface area (Å²) in [4.78, 5) is 43.8. The molecule has 0 saturated carbocycles. The van der Waals surface area contributed by atoms with Gasteiger partial charge >= 0.3 is 0 Å². The molecule has 3 aliphatic heterocycles. The molecule has 0 aliphatic carbocycles. The highest BCUT2D eigenvalue weighted by Gasteiger charge is 2.52. The van der Waals surface area contributed by atoms with Crippen LogP contribution in [-0.4, -0.2) is 51.2 Å². The lowest BCUT2D eigenvalue weighted by molar-refractivity contribution is -0.139. The number of nitrogens with zero attached hydrogens (tertiary/aromatic N) is 4. The average molecular weight is 669 g/mol. The lowest BCUT2D eigenvalue weighted by Crippen LogP contribution is -2.46. The van der Waals surface area contributed by atoms with Crippen LogP contribution in [0, 0.1) is 5.92 Å². The number of aliphatic hydroxyl groups is 2. The SMILES string of the molecule is C[C@@H](/C=C/CC(=O)N1Cc2ccccc2C[C@H]1CO)[C@]1(O)C(=O)N(Cc2cccc(N3N=C(c4ccccc4)CCC3=O)c2)c2ccccc21. The number of anilines is 2. The van der Waals surface area contributed by atoms with Crippen LogP contribution in [0.3, 0.4) is 0 Å². The van der Waals surface area contributed by atoms with Gasteiger partial charge in [-0.2, -0.15) is 5.10 Å². The molecule has 2 N–H and O–H groups in total. The molecule has 0 unspecified atom stereocenters. The maximum Gasteiger partial charge on any atom is 0.264 e. The molecule has 0 spiro atoms. The quantitative estimate of drug-likeness (QED) is 0.230. The van der Waals surface area contributed by atoms with Gasteiger partial charge in [-0.3, -0.25) is 14.4 Å². The summed E-state index contributed by atoms with van der Waals surface area (Å²) in [6.07, 6.45) is 5.02. The maximum absolute atomic E-state index is 14.2. The molecule has 3 atom stereocenters. The fourth-order valence-corrected chi connectivity index (χ4v) is 7.29. The summed E-state index contributed by atoms with van der Waals surface area (Å²) in [7, 11) is 0. The average Bonchev–Trinajstić information content (AvgIpc) is 3.37. The predicted molar refractivity (Wildman–Crippen MR) is 192 cm³/mol.